The molecule has 0 spiro atoms. The lowest BCUT2D eigenvalue weighted by Crippen LogP contribution is -2.52. The van der Waals surface area contributed by atoms with Crippen molar-refractivity contribution in [3.63, 3.8) is 0 Å². The third-order valence-electron chi connectivity index (χ3n) is 2.12. The van der Waals surface area contributed by atoms with Crippen LogP contribution in [0.4, 0.5) is 0 Å². The minimum Gasteiger partial charge on any atom is -0.303 e. The Morgan fingerprint density at radius 3 is 2.20 bits per heavy atom. The highest BCUT2D eigenvalue weighted by Crippen LogP contribution is 2.07. The van der Waals surface area contributed by atoms with Crippen molar-refractivity contribution in [3.8, 4) is 6.07 Å². The fourth-order valence-electron chi connectivity index (χ4n) is 1.98. The summed E-state index contributed by atoms with van der Waals surface area (Å²) in [6, 6.07) is 2.70. The van der Waals surface area contributed by atoms with E-state index >= 15 is 0 Å². The first-order valence-corrected chi connectivity index (χ1v) is 5.66. The summed E-state index contributed by atoms with van der Waals surface area (Å²) >= 11 is 0. The number of rotatable bonds is 6. The Labute approximate surface area is 94.5 Å². The molecule has 0 saturated carbocycles. The molecule has 15 heavy (non-hydrogen) atoms. The zero-order chi connectivity index (χ0) is 12.1. The Bertz CT molecular complexity index is 217. The molecule has 3 nitrogen and oxygen atoms in total. The van der Waals surface area contributed by atoms with Gasteiger partial charge >= 0.3 is 0 Å². The summed E-state index contributed by atoms with van der Waals surface area (Å²) in [4.78, 5) is 2.21. The number of nitrogens with one attached hydrogen (secondary N) is 1. The largest absolute Gasteiger partial charge is 0.303 e. The lowest BCUT2D eigenvalue weighted by molar-refractivity contribution is 0.230. The Balaban J connectivity index is 4.25. The van der Waals surface area contributed by atoms with Crippen LogP contribution in [0.1, 0.15) is 34.6 Å². The molecule has 1 atom stereocenters. The maximum absolute atomic E-state index is 9.18. The van der Waals surface area contributed by atoms with Gasteiger partial charge in [-0.05, 0) is 33.7 Å². The second-order valence-corrected chi connectivity index (χ2v) is 5.33. The van der Waals surface area contributed by atoms with E-state index < -0.39 is 5.54 Å². The molecule has 0 aliphatic carbocycles. The minimum absolute atomic E-state index is 0.335. The van der Waals surface area contributed by atoms with Gasteiger partial charge < -0.3 is 4.90 Å². The van der Waals surface area contributed by atoms with Gasteiger partial charge in [0.25, 0.3) is 0 Å². The second kappa shape index (κ2) is 6.09. The van der Waals surface area contributed by atoms with Crippen molar-refractivity contribution in [1.29, 1.82) is 5.26 Å². The summed E-state index contributed by atoms with van der Waals surface area (Å²) in [7, 11) is 2.07. The third kappa shape index (κ3) is 6.48. The van der Waals surface area contributed by atoms with Crippen molar-refractivity contribution >= 4 is 0 Å². The summed E-state index contributed by atoms with van der Waals surface area (Å²) in [6.07, 6.45) is 0. The van der Waals surface area contributed by atoms with Crippen LogP contribution in [0.15, 0.2) is 0 Å². The Hall–Kier alpha value is -0.590. The normalized spacial score (nSPS) is 15.7. The van der Waals surface area contributed by atoms with Gasteiger partial charge in [0.15, 0.2) is 0 Å². The van der Waals surface area contributed by atoms with Crippen LogP contribution in [0.25, 0.3) is 0 Å². The van der Waals surface area contributed by atoms with Crippen LogP contribution in [0.5, 0.6) is 0 Å². The maximum atomic E-state index is 9.18. The van der Waals surface area contributed by atoms with E-state index in [4.69, 9.17) is 0 Å². The quantitative estimate of drug-likeness (QED) is 0.729. The molecule has 0 aromatic carbocycles. The van der Waals surface area contributed by atoms with Crippen LogP contribution >= 0.6 is 0 Å². The van der Waals surface area contributed by atoms with E-state index in [1.165, 1.54) is 0 Å². The molecule has 1 N–H and O–H groups in total. The minimum atomic E-state index is -0.447. The molecule has 1 unspecified atom stereocenters. The van der Waals surface area contributed by atoms with Crippen molar-refractivity contribution < 1.29 is 0 Å². The Kier molecular flexibility index (Phi) is 5.85. The number of nitrogens with zero attached hydrogens (tertiary/aromatic N) is 2. The lowest BCUT2D eigenvalue weighted by Gasteiger charge is -2.31. The molecule has 0 saturated heterocycles. The SMILES string of the molecule is CC(C)CN(C)CC(C)(C#N)NC(C)C. The zero-order valence-corrected chi connectivity index (χ0v) is 11.0. The molecule has 0 radical (unpaired) electrons. The van der Waals surface area contributed by atoms with Crippen molar-refractivity contribution in [2.24, 2.45) is 5.92 Å². The maximum Gasteiger partial charge on any atom is 0.116 e. The first-order valence-electron chi connectivity index (χ1n) is 5.66. The Morgan fingerprint density at radius 1 is 1.33 bits per heavy atom. The molecule has 0 amide bonds. The molecular weight excluding hydrogens is 186 g/mol. The molecule has 3 heteroatoms. The predicted molar refractivity (Wildman–Crippen MR) is 64.6 cm³/mol. The number of likely N-dealkylation sites (N-methyl/N-ethyl adjacent to an activating group) is 1. The molecular formula is C12H25N3. The van der Waals surface area contributed by atoms with Gasteiger partial charge in [-0.15, -0.1) is 0 Å². The van der Waals surface area contributed by atoms with Gasteiger partial charge in [0.1, 0.15) is 5.54 Å². The van der Waals surface area contributed by atoms with Gasteiger partial charge in [-0.1, -0.05) is 13.8 Å². The lowest BCUT2D eigenvalue weighted by atomic mass is 10.0. The summed E-state index contributed by atoms with van der Waals surface area (Å²) in [6.45, 7) is 12.3. The molecule has 0 rings (SSSR count). The van der Waals surface area contributed by atoms with Crippen LogP contribution in [-0.4, -0.2) is 36.6 Å². The molecule has 0 aliphatic heterocycles. The number of hydrogen-bond acceptors (Lipinski definition) is 3. The molecule has 0 aliphatic rings. The number of nitriles is 1. The van der Waals surface area contributed by atoms with Crippen LogP contribution < -0.4 is 5.32 Å². The summed E-state index contributed by atoms with van der Waals surface area (Å²) in [5.74, 6) is 0.636. The molecule has 0 aromatic rings. The van der Waals surface area contributed by atoms with Crippen molar-refractivity contribution in [1.82, 2.24) is 10.2 Å². The molecule has 88 valence electrons. The molecule has 0 heterocycles. The smallest absolute Gasteiger partial charge is 0.116 e. The highest BCUT2D eigenvalue weighted by atomic mass is 15.1. The highest BCUT2D eigenvalue weighted by Gasteiger charge is 2.26. The zero-order valence-electron chi connectivity index (χ0n) is 11.0. The number of hydrogen-bond donors (Lipinski definition) is 1. The van der Waals surface area contributed by atoms with E-state index in [0.29, 0.717) is 12.0 Å². The fourth-order valence-corrected chi connectivity index (χ4v) is 1.98. The van der Waals surface area contributed by atoms with E-state index in [1.54, 1.807) is 0 Å². The monoisotopic (exact) mass is 211 g/mol. The topological polar surface area (TPSA) is 39.1 Å². The average Bonchev–Trinajstić information content (AvgIpc) is 2.00. The van der Waals surface area contributed by atoms with Crippen molar-refractivity contribution in [3.05, 3.63) is 0 Å². The van der Waals surface area contributed by atoms with Crippen LogP contribution in [0.2, 0.25) is 0 Å². The van der Waals surface area contributed by atoms with E-state index in [9.17, 15) is 5.26 Å². The first kappa shape index (κ1) is 14.4. The van der Waals surface area contributed by atoms with Gasteiger partial charge in [-0.2, -0.15) is 5.26 Å². The third-order valence-corrected chi connectivity index (χ3v) is 2.12. The summed E-state index contributed by atoms with van der Waals surface area (Å²) in [5, 5.41) is 12.5. The van der Waals surface area contributed by atoms with Crippen molar-refractivity contribution in [2.75, 3.05) is 20.1 Å². The van der Waals surface area contributed by atoms with Gasteiger partial charge in [0.2, 0.25) is 0 Å². The Morgan fingerprint density at radius 2 is 1.87 bits per heavy atom. The van der Waals surface area contributed by atoms with Crippen LogP contribution in [0.3, 0.4) is 0 Å². The van der Waals surface area contributed by atoms with Gasteiger partial charge in [0.05, 0.1) is 6.07 Å². The standard InChI is InChI=1S/C12H25N3/c1-10(2)7-15(6)9-12(5,8-13)14-11(3)4/h10-11,14H,7,9H2,1-6H3. The molecule has 0 bridgehead atoms. The van der Waals surface area contributed by atoms with E-state index in [-0.39, 0.29) is 0 Å². The predicted octanol–water partition coefficient (Wildman–Crippen LogP) is 1.85. The van der Waals surface area contributed by atoms with Gasteiger partial charge in [-0.3, -0.25) is 5.32 Å². The fraction of sp³-hybridized carbons (Fsp3) is 0.917. The van der Waals surface area contributed by atoms with Crippen LogP contribution in [0, 0.1) is 17.2 Å². The van der Waals surface area contributed by atoms with Gasteiger partial charge in [0, 0.05) is 19.1 Å². The highest BCUT2D eigenvalue weighted by molar-refractivity contribution is 5.06. The van der Waals surface area contributed by atoms with E-state index in [2.05, 4.69) is 51.0 Å². The van der Waals surface area contributed by atoms with Crippen LogP contribution in [-0.2, 0) is 0 Å². The molecule has 0 fully saturated rings. The van der Waals surface area contributed by atoms with Gasteiger partial charge in [-0.25, -0.2) is 0 Å². The molecule has 0 aromatic heterocycles. The van der Waals surface area contributed by atoms with E-state index in [1.807, 2.05) is 6.92 Å². The summed E-state index contributed by atoms with van der Waals surface area (Å²) in [5.41, 5.74) is -0.447. The van der Waals surface area contributed by atoms with E-state index in [0.717, 1.165) is 13.1 Å². The van der Waals surface area contributed by atoms with Crippen molar-refractivity contribution in [2.45, 2.75) is 46.2 Å². The first-order chi connectivity index (χ1) is 6.79. The average molecular weight is 211 g/mol. The second-order valence-electron chi connectivity index (χ2n) is 5.33. The summed E-state index contributed by atoms with van der Waals surface area (Å²) < 4.78 is 0.